The molecule has 2 N–H and O–H groups in total. The summed E-state index contributed by atoms with van der Waals surface area (Å²) >= 11 is 6.00. The number of aliphatic hydroxyl groups is 1. The molecule has 0 radical (unpaired) electrons. The van der Waals surface area contributed by atoms with Gasteiger partial charge in [0, 0.05) is 10.6 Å². The Balaban J connectivity index is 2.13. The normalized spacial score (nSPS) is 19.1. The molecule has 5 nitrogen and oxygen atoms in total. The van der Waals surface area contributed by atoms with E-state index in [0.717, 1.165) is 10.5 Å². The second-order valence-corrected chi connectivity index (χ2v) is 7.30. The first kappa shape index (κ1) is 19.1. The molecule has 2 aromatic carbocycles. The van der Waals surface area contributed by atoms with Gasteiger partial charge in [-0.3, -0.25) is 9.59 Å². The Hall–Kier alpha value is -2.63. The zero-order valence-electron chi connectivity index (χ0n) is 15.3. The summed E-state index contributed by atoms with van der Waals surface area (Å²) in [6.07, 6.45) is 0. The fourth-order valence-corrected chi connectivity index (χ4v) is 3.32. The van der Waals surface area contributed by atoms with Gasteiger partial charge in [0.05, 0.1) is 38.8 Å². The van der Waals surface area contributed by atoms with Gasteiger partial charge in [-0.2, -0.15) is 0 Å². The number of hydrogen-bond donors (Lipinski definition) is 2. The number of amides is 1. The SMILES string of the molecule is C[NH+](C)CCN1C(=O)C(=O)C(=C(O)c2ccccc2)[C@@H]1c1ccc(Cl)cc1. The smallest absolute Gasteiger partial charge is 0.295 e. The average molecular weight is 386 g/mol. The van der Waals surface area contributed by atoms with E-state index in [1.165, 1.54) is 4.90 Å². The molecule has 6 heteroatoms. The Bertz CT molecular complexity index is 876. The monoisotopic (exact) mass is 385 g/mol. The number of rotatable bonds is 5. The number of carbonyl (C=O) groups is 2. The summed E-state index contributed by atoms with van der Waals surface area (Å²) < 4.78 is 0. The number of halogens is 1. The average Bonchev–Trinajstić information content (AvgIpc) is 2.91. The van der Waals surface area contributed by atoms with Crippen molar-refractivity contribution in [1.82, 2.24) is 4.90 Å². The summed E-state index contributed by atoms with van der Waals surface area (Å²) in [5.41, 5.74) is 1.36. The summed E-state index contributed by atoms with van der Waals surface area (Å²) in [4.78, 5) is 28.2. The second kappa shape index (κ2) is 7.94. The maximum atomic E-state index is 12.8. The number of likely N-dealkylation sites (tertiary alicyclic amines) is 1. The minimum atomic E-state index is -0.662. The number of benzene rings is 2. The van der Waals surface area contributed by atoms with Crippen LogP contribution in [0.15, 0.2) is 60.2 Å². The molecule has 140 valence electrons. The first-order valence-corrected chi connectivity index (χ1v) is 9.16. The van der Waals surface area contributed by atoms with Gasteiger partial charge in [-0.1, -0.05) is 54.1 Å². The lowest BCUT2D eigenvalue weighted by molar-refractivity contribution is -0.857. The van der Waals surface area contributed by atoms with E-state index in [2.05, 4.69) is 0 Å². The number of likely N-dealkylation sites (N-methyl/N-ethyl adjacent to an activating group) is 1. The Labute approximate surface area is 163 Å². The molecule has 2 aromatic rings. The van der Waals surface area contributed by atoms with Crippen molar-refractivity contribution in [2.45, 2.75) is 6.04 Å². The maximum Gasteiger partial charge on any atom is 0.295 e. The van der Waals surface area contributed by atoms with Crippen LogP contribution in [0.25, 0.3) is 5.76 Å². The molecule has 0 bridgehead atoms. The van der Waals surface area contributed by atoms with Gasteiger partial charge in [0.25, 0.3) is 11.7 Å². The molecular formula is C21H22ClN2O3+. The van der Waals surface area contributed by atoms with Crippen molar-refractivity contribution in [3.63, 3.8) is 0 Å². The van der Waals surface area contributed by atoms with E-state index in [-0.39, 0.29) is 11.3 Å². The van der Waals surface area contributed by atoms with E-state index in [1.54, 1.807) is 48.5 Å². The minimum absolute atomic E-state index is 0.113. The van der Waals surface area contributed by atoms with Crippen LogP contribution >= 0.6 is 11.6 Å². The van der Waals surface area contributed by atoms with Crippen molar-refractivity contribution in [2.24, 2.45) is 0 Å². The molecule has 0 aliphatic carbocycles. The highest BCUT2D eigenvalue weighted by Gasteiger charge is 2.46. The fourth-order valence-electron chi connectivity index (χ4n) is 3.20. The van der Waals surface area contributed by atoms with Crippen molar-refractivity contribution < 1.29 is 19.6 Å². The van der Waals surface area contributed by atoms with Gasteiger partial charge < -0.3 is 14.9 Å². The van der Waals surface area contributed by atoms with Gasteiger partial charge in [0.1, 0.15) is 5.76 Å². The van der Waals surface area contributed by atoms with Crippen molar-refractivity contribution in [1.29, 1.82) is 0 Å². The van der Waals surface area contributed by atoms with Crippen LogP contribution in [0.2, 0.25) is 5.02 Å². The molecule has 1 heterocycles. The Morgan fingerprint density at radius 3 is 2.30 bits per heavy atom. The van der Waals surface area contributed by atoms with E-state index in [1.807, 2.05) is 20.2 Å². The van der Waals surface area contributed by atoms with Crippen molar-refractivity contribution >= 4 is 29.1 Å². The third-order valence-electron chi connectivity index (χ3n) is 4.63. The fraction of sp³-hybridized carbons (Fsp3) is 0.238. The second-order valence-electron chi connectivity index (χ2n) is 6.87. The number of nitrogens with zero attached hydrogens (tertiary/aromatic N) is 1. The highest BCUT2D eigenvalue weighted by Crippen LogP contribution is 2.39. The largest absolute Gasteiger partial charge is 0.507 e. The standard InChI is InChI=1S/C21H21ClN2O3/c1-23(2)12-13-24-18(14-8-10-16(22)11-9-14)17(20(26)21(24)27)19(25)15-6-4-3-5-7-15/h3-11,18,25H,12-13H2,1-2H3/p+1/t18-/m0/s1. The molecule has 27 heavy (non-hydrogen) atoms. The predicted octanol–water partition coefficient (Wildman–Crippen LogP) is 1.91. The molecular weight excluding hydrogens is 364 g/mol. The van der Waals surface area contributed by atoms with E-state index < -0.39 is 17.7 Å². The lowest BCUT2D eigenvalue weighted by atomic mass is 9.95. The zero-order chi connectivity index (χ0) is 19.6. The van der Waals surface area contributed by atoms with Crippen LogP contribution in [-0.2, 0) is 9.59 Å². The Kier molecular flexibility index (Phi) is 5.63. The molecule has 1 amide bonds. The lowest BCUT2D eigenvalue weighted by Crippen LogP contribution is -3.06. The highest BCUT2D eigenvalue weighted by molar-refractivity contribution is 6.46. The molecule has 1 aliphatic rings. The van der Waals surface area contributed by atoms with E-state index >= 15 is 0 Å². The molecule has 1 aliphatic heterocycles. The molecule has 1 atom stereocenters. The third kappa shape index (κ3) is 3.89. The van der Waals surface area contributed by atoms with Crippen LogP contribution < -0.4 is 4.90 Å². The van der Waals surface area contributed by atoms with E-state index in [0.29, 0.717) is 23.7 Å². The van der Waals surface area contributed by atoms with Crippen molar-refractivity contribution in [2.75, 3.05) is 27.2 Å². The molecule has 1 fully saturated rings. The zero-order valence-corrected chi connectivity index (χ0v) is 16.0. The van der Waals surface area contributed by atoms with Gasteiger partial charge in [-0.15, -0.1) is 0 Å². The Morgan fingerprint density at radius 2 is 1.70 bits per heavy atom. The van der Waals surface area contributed by atoms with Gasteiger partial charge in [-0.05, 0) is 17.7 Å². The Morgan fingerprint density at radius 1 is 1.07 bits per heavy atom. The first-order valence-electron chi connectivity index (χ1n) is 8.78. The topological polar surface area (TPSA) is 62.0 Å². The number of quaternary nitrogens is 1. The third-order valence-corrected chi connectivity index (χ3v) is 4.88. The minimum Gasteiger partial charge on any atom is -0.507 e. The quantitative estimate of drug-likeness (QED) is 0.469. The van der Waals surface area contributed by atoms with Gasteiger partial charge in [0.15, 0.2) is 0 Å². The number of carbonyl (C=O) groups excluding carboxylic acids is 2. The highest BCUT2D eigenvalue weighted by atomic mass is 35.5. The number of hydrogen-bond acceptors (Lipinski definition) is 3. The van der Waals surface area contributed by atoms with Crippen LogP contribution in [0, 0.1) is 0 Å². The van der Waals surface area contributed by atoms with Crippen molar-refractivity contribution in [3.05, 3.63) is 76.3 Å². The molecule has 0 saturated carbocycles. The molecule has 1 saturated heterocycles. The van der Waals surface area contributed by atoms with Crippen LogP contribution in [-0.4, -0.2) is 48.9 Å². The number of aliphatic hydroxyl groups excluding tert-OH is 1. The summed E-state index contributed by atoms with van der Waals surface area (Å²) in [6.45, 7) is 1.09. The lowest BCUT2D eigenvalue weighted by Gasteiger charge is -2.25. The van der Waals surface area contributed by atoms with Gasteiger partial charge in [-0.25, -0.2) is 0 Å². The predicted molar refractivity (Wildman–Crippen MR) is 105 cm³/mol. The molecule has 3 rings (SSSR count). The van der Waals surface area contributed by atoms with E-state index in [4.69, 9.17) is 11.6 Å². The number of ketones is 1. The maximum absolute atomic E-state index is 12.8. The van der Waals surface area contributed by atoms with Gasteiger partial charge in [0.2, 0.25) is 0 Å². The number of nitrogens with one attached hydrogen (secondary N) is 1. The van der Waals surface area contributed by atoms with Crippen LogP contribution in [0.1, 0.15) is 17.2 Å². The van der Waals surface area contributed by atoms with Crippen LogP contribution in [0.4, 0.5) is 0 Å². The summed E-state index contributed by atoms with van der Waals surface area (Å²) in [5.74, 6) is -1.41. The van der Waals surface area contributed by atoms with Gasteiger partial charge >= 0.3 is 0 Å². The van der Waals surface area contributed by atoms with Crippen LogP contribution in [0.5, 0.6) is 0 Å². The molecule has 0 unspecified atom stereocenters. The summed E-state index contributed by atoms with van der Waals surface area (Å²) in [6, 6.07) is 15.2. The van der Waals surface area contributed by atoms with Crippen molar-refractivity contribution in [3.8, 4) is 0 Å². The summed E-state index contributed by atoms with van der Waals surface area (Å²) in [7, 11) is 3.97. The first-order chi connectivity index (χ1) is 12.9. The van der Waals surface area contributed by atoms with Crippen LogP contribution in [0.3, 0.4) is 0 Å². The molecule has 0 aromatic heterocycles. The number of Topliss-reactive ketones (excluding diaryl/α,β-unsaturated/α-hetero) is 1. The molecule has 0 spiro atoms. The van der Waals surface area contributed by atoms with E-state index in [9.17, 15) is 14.7 Å². The summed E-state index contributed by atoms with van der Waals surface area (Å²) in [5, 5.41) is 11.4.